The maximum Gasteiger partial charge on any atom is 0.324 e. The van der Waals surface area contributed by atoms with Gasteiger partial charge in [-0.2, -0.15) is 0 Å². The van der Waals surface area contributed by atoms with Crippen molar-refractivity contribution in [2.45, 2.75) is 65.2 Å². The lowest BCUT2D eigenvalue weighted by Gasteiger charge is -2.27. The second-order valence-electron chi connectivity index (χ2n) is 8.82. The van der Waals surface area contributed by atoms with Crippen molar-refractivity contribution >= 4 is 17.3 Å². The number of rotatable bonds is 1. The quantitative estimate of drug-likeness (QED) is 0.490. The topological polar surface area (TPSA) is 26.3 Å². The van der Waals surface area contributed by atoms with Gasteiger partial charge in [-0.15, -0.1) is 11.3 Å². The smallest absolute Gasteiger partial charge is 0.324 e. The van der Waals surface area contributed by atoms with Gasteiger partial charge in [0.15, 0.2) is 0 Å². The van der Waals surface area contributed by atoms with Crippen molar-refractivity contribution in [3.8, 4) is 5.75 Å². The van der Waals surface area contributed by atoms with Crippen LogP contribution in [0, 0.1) is 6.92 Å². The summed E-state index contributed by atoms with van der Waals surface area (Å²) in [6.07, 6.45) is 0. The zero-order valence-corrected chi connectivity index (χ0v) is 16.4. The number of fused-ring (bicyclic) bond motifs is 1. The number of ether oxygens (including phenoxy) is 1. The van der Waals surface area contributed by atoms with E-state index in [2.05, 4.69) is 72.0 Å². The highest BCUT2D eigenvalue weighted by Crippen LogP contribution is 2.48. The molecule has 3 heteroatoms. The highest BCUT2D eigenvalue weighted by atomic mass is 32.1. The van der Waals surface area contributed by atoms with E-state index in [-0.39, 0.29) is 22.7 Å². The molecule has 0 spiro atoms. The molecule has 1 aliphatic heterocycles. The zero-order valence-electron chi connectivity index (χ0n) is 15.6. The molecule has 0 amide bonds. The predicted octanol–water partition coefficient (Wildman–Crippen LogP) is 5.70. The molecule has 24 heavy (non-hydrogen) atoms. The van der Waals surface area contributed by atoms with Crippen molar-refractivity contribution in [3.05, 3.63) is 50.7 Å². The van der Waals surface area contributed by atoms with Gasteiger partial charge < -0.3 is 4.74 Å². The summed E-state index contributed by atoms with van der Waals surface area (Å²) in [6, 6.07) is 6.50. The van der Waals surface area contributed by atoms with Crippen molar-refractivity contribution in [2.24, 2.45) is 0 Å². The maximum absolute atomic E-state index is 12.7. The summed E-state index contributed by atoms with van der Waals surface area (Å²) in [4.78, 5) is 13.7. The molecule has 0 radical (unpaired) electrons. The fourth-order valence-corrected chi connectivity index (χ4v) is 4.13. The van der Waals surface area contributed by atoms with Crippen LogP contribution in [0.1, 0.15) is 74.6 Å². The lowest BCUT2D eigenvalue weighted by atomic mass is 9.78. The van der Waals surface area contributed by atoms with Crippen molar-refractivity contribution in [2.75, 3.05) is 0 Å². The van der Waals surface area contributed by atoms with E-state index in [9.17, 15) is 4.79 Å². The van der Waals surface area contributed by atoms with Crippen LogP contribution in [-0.4, -0.2) is 5.97 Å². The summed E-state index contributed by atoms with van der Waals surface area (Å²) in [7, 11) is 0. The fourth-order valence-electron chi connectivity index (χ4n) is 3.13. The second kappa shape index (κ2) is 5.45. The van der Waals surface area contributed by atoms with Gasteiger partial charge in [-0.05, 0) is 40.3 Å². The van der Waals surface area contributed by atoms with E-state index >= 15 is 0 Å². The Morgan fingerprint density at radius 1 is 1.00 bits per heavy atom. The maximum atomic E-state index is 12.7. The molecule has 0 N–H and O–H groups in total. The Hall–Kier alpha value is -1.61. The average Bonchev–Trinajstić information content (AvgIpc) is 2.97. The number of carbonyl (C=O) groups is 1. The van der Waals surface area contributed by atoms with E-state index < -0.39 is 0 Å². The van der Waals surface area contributed by atoms with Gasteiger partial charge in [0.05, 0.1) is 0 Å². The molecular weight excluding hydrogens is 316 g/mol. The molecule has 0 saturated heterocycles. The first-order valence-corrected chi connectivity index (χ1v) is 9.32. The van der Waals surface area contributed by atoms with Crippen molar-refractivity contribution in [1.29, 1.82) is 0 Å². The number of esters is 1. The predicted molar refractivity (Wildman–Crippen MR) is 100 cm³/mol. The Bertz CT molecular complexity index is 800. The monoisotopic (exact) mass is 342 g/mol. The van der Waals surface area contributed by atoms with Crippen LogP contribution in [0.5, 0.6) is 5.75 Å². The third-order valence-corrected chi connectivity index (χ3v) is 5.69. The highest BCUT2D eigenvalue weighted by Gasteiger charge is 2.40. The molecule has 0 bridgehead atoms. The van der Waals surface area contributed by atoms with Crippen molar-refractivity contribution < 1.29 is 9.53 Å². The van der Waals surface area contributed by atoms with Gasteiger partial charge >= 0.3 is 5.97 Å². The lowest BCUT2D eigenvalue weighted by molar-refractivity contribution is -0.133. The molecule has 2 aromatic rings. The molecule has 2 nitrogen and oxygen atoms in total. The van der Waals surface area contributed by atoms with Crippen LogP contribution in [0.25, 0.3) is 0 Å². The summed E-state index contributed by atoms with van der Waals surface area (Å²) in [5.74, 6) is 0.335. The fraction of sp³-hybridized carbons (Fsp3) is 0.476. The third-order valence-electron chi connectivity index (χ3n) is 4.58. The number of hydrogen-bond donors (Lipinski definition) is 0. The molecule has 1 unspecified atom stereocenters. The number of aryl methyl sites for hydroxylation is 1. The van der Waals surface area contributed by atoms with E-state index in [1.165, 1.54) is 11.1 Å². The van der Waals surface area contributed by atoms with Crippen LogP contribution in [0.15, 0.2) is 23.6 Å². The van der Waals surface area contributed by atoms with Gasteiger partial charge in [0.2, 0.25) is 0 Å². The Kier molecular flexibility index (Phi) is 3.91. The summed E-state index contributed by atoms with van der Waals surface area (Å²) < 4.78 is 5.78. The van der Waals surface area contributed by atoms with Crippen LogP contribution >= 0.6 is 11.3 Å². The molecule has 2 heterocycles. The van der Waals surface area contributed by atoms with Gasteiger partial charge in [-0.3, -0.25) is 4.79 Å². The number of hydrogen-bond acceptors (Lipinski definition) is 3. The molecular formula is C21H26O2S. The number of carbonyl (C=O) groups excluding carboxylic acids is 1. The van der Waals surface area contributed by atoms with Crippen molar-refractivity contribution in [3.63, 3.8) is 0 Å². The SMILES string of the molecule is Cc1csc(C2C(=O)Oc3c2cc(C(C)(C)C)cc3C(C)(C)C)c1. The molecule has 128 valence electrons. The first-order valence-electron chi connectivity index (χ1n) is 8.44. The Morgan fingerprint density at radius 2 is 1.67 bits per heavy atom. The summed E-state index contributed by atoms with van der Waals surface area (Å²) in [5, 5.41) is 2.10. The van der Waals surface area contributed by atoms with Crippen LogP contribution in [0.4, 0.5) is 0 Å². The summed E-state index contributed by atoms with van der Waals surface area (Å²) >= 11 is 1.64. The molecule has 0 aliphatic carbocycles. The number of benzene rings is 1. The first-order chi connectivity index (χ1) is 11.0. The normalized spacial score (nSPS) is 17.8. The number of thiophene rings is 1. The zero-order chi connectivity index (χ0) is 17.9. The minimum atomic E-state index is -0.290. The van der Waals surface area contributed by atoms with Gasteiger partial charge in [-0.1, -0.05) is 53.7 Å². The van der Waals surface area contributed by atoms with Gasteiger partial charge in [0, 0.05) is 16.0 Å². The van der Waals surface area contributed by atoms with Crippen LogP contribution < -0.4 is 4.74 Å². The van der Waals surface area contributed by atoms with E-state index in [1.807, 2.05) is 0 Å². The molecule has 3 rings (SSSR count). The average molecular weight is 343 g/mol. The Morgan fingerprint density at radius 3 is 2.17 bits per heavy atom. The van der Waals surface area contributed by atoms with Crippen LogP contribution in [0.2, 0.25) is 0 Å². The minimum Gasteiger partial charge on any atom is -0.425 e. The molecule has 1 aromatic heterocycles. The van der Waals surface area contributed by atoms with E-state index in [1.54, 1.807) is 11.3 Å². The second-order valence-corrected chi connectivity index (χ2v) is 9.77. The minimum absolute atomic E-state index is 0.0244. The largest absolute Gasteiger partial charge is 0.425 e. The van der Waals surface area contributed by atoms with E-state index in [4.69, 9.17) is 4.74 Å². The summed E-state index contributed by atoms with van der Waals surface area (Å²) in [5.41, 5.74) is 4.54. The van der Waals surface area contributed by atoms with Crippen molar-refractivity contribution in [1.82, 2.24) is 0 Å². The third kappa shape index (κ3) is 2.90. The van der Waals surface area contributed by atoms with Gasteiger partial charge in [-0.25, -0.2) is 0 Å². The van der Waals surface area contributed by atoms with Gasteiger partial charge in [0.25, 0.3) is 0 Å². The van der Waals surface area contributed by atoms with E-state index in [0.717, 1.165) is 21.8 Å². The molecule has 1 aromatic carbocycles. The Balaban J connectivity index is 2.26. The summed E-state index contributed by atoms with van der Waals surface area (Å²) in [6.45, 7) is 15.2. The highest BCUT2D eigenvalue weighted by molar-refractivity contribution is 7.10. The Labute approximate surface area is 148 Å². The molecule has 1 atom stereocenters. The molecule has 0 saturated carbocycles. The first kappa shape index (κ1) is 17.2. The van der Waals surface area contributed by atoms with E-state index in [0.29, 0.717) is 0 Å². The van der Waals surface area contributed by atoms with Gasteiger partial charge in [0.1, 0.15) is 11.7 Å². The van der Waals surface area contributed by atoms with Crippen LogP contribution in [0.3, 0.4) is 0 Å². The molecule has 0 fully saturated rings. The standard InChI is InChI=1S/C21H26O2S/c1-12-8-16(24-11-12)17-14-9-13(20(2,3)4)10-15(21(5,6)7)18(14)23-19(17)22/h8-11,17H,1-7H3. The molecule has 1 aliphatic rings. The lowest BCUT2D eigenvalue weighted by Crippen LogP contribution is -2.17. The van der Waals surface area contributed by atoms with Crippen LogP contribution in [-0.2, 0) is 15.6 Å².